The van der Waals surface area contributed by atoms with Crippen LogP contribution >= 0.6 is 12.2 Å². The molecule has 1 heterocycles. The molecule has 0 saturated heterocycles. The highest BCUT2D eigenvalue weighted by Gasteiger charge is 2.11. The second-order valence-electron chi connectivity index (χ2n) is 6.64. The number of thiocarbonyl (C=S) groups is 1. The van der Waals surface area contributed by atoms with Crippen molar-refractivity contribution in [1.29, 1.82) is 0 Å². The van der Waals surface area contributed by atoms with Gasteiger partial charge in [0.2, 0.25) is 0 Å². The molecule has 3 aromatic rings. The molecule has 0 aliphatic rings. The van der Waals surface area contributed by atoms with Crippen LogP contribution in [0, 0.1) is 13.8 Å². The zero-order chi connectivity index (χ0) is 19.9. The quantitative estimate of drug-likeness (QED) is 0.393. The number of hydrogen-bond donors (Lipinski definition) is 1. The van der Waals surface area contributed by atoms with Crippen LogP contribution in [0.15, 0.2) is 65.8 Å². The van der Waals surface area contributed by atoms with E-state index in [4.69, 9.17) is 12.2 Å². The van der Waals surface area contributed by atoms with E-state index < -0.39 is 0 Å². The third-order valence-electron chi connectivity index (χ3n) is 4.55. The standard InChI is InChI=1S/C22H25N5S/c1-17-21(18(2)27(25-17)16-20-12-8-5-9-13-20)15-24-26(3)22(28)23-14-19-10-6-4-7-11-19/h4-13,15H,14,16H2,1-3H3,(H,23,28)/b24-15-. The molecule has 0 aliphatic heterocycles. The minimum atomic E-state index is 0.576. The summed E-state index contributed by atoms with van der Waals surface area (Å²) in [6.45, 7) is 5.49. The van der Waals surface area contributed by atoms with Gasteiger partial charge in [-0.3, -0.25) is 4.68 Å². The minimum absolute atomic E-state index is 0.576. The summed E-state index contributed by atoms with van der Waals surface area (Å²) < 4.78 is 2.01. The summed E-state index contributed by atoms with van der Waals surface area (Å²) in [6.07, 6.45) is 1.83. The molecule has 0 unspecified atom stereocenters. The highest BCUT2D eigenvalue weighted by atomic mass is 32.1. The molecule has 144 valence electrons. The van der Waals surface area contributed by atoms with E-state index in [1.165, 1.54) is 11.1 Å². The van der Waals surface area contributed by atoms with Crippen molar-refractivity contribution < 1.29 is 0 Å². The first kappa shape index (κ1) is 19.8. The van der Waals surface area contributed by atoms with Crippen molar-refractivity contribution in [3.8, 4) is 0 Å². The number of rotatable bonds is 6. The van der Waals surface area contributed by atoms with E-state index in [9.17, 15) is 0 Å². The van der Waals surface area contributed by atoms with Crippen molar-refractivity contribution >= 4 is 23.5 Å². The Morgan fingerprint density at radius 3 is 2.32 bits per heavy atom. The number of hydrazone groups is 1. The van der Waals surface area contributed by atoms with Crippen LogP contribution in [0.5, 0.6) is 0 Å². The van der Waals surface area contributed by atoms with Gasteiger partial charge < -0.3 is 5.32 Å². The number of nitrogens with zero attached hydrogens (tertiary/aromatic N) is 4. The lowest BCUT2D eigenvalue weighted by Gasteiger charge is -2.15. The van der Waals surface area contributed by atoms with Gasteiger partial charge in [0.05, 0.1) is 18.5 Å². The maximum atomic E-state index is 5.43. The van der Waals surface area contributed by atoms with Crippen molar-refractivity contribution in [3.63, 3.8) is 0 Å². The Labute approximate surface area is 171 Å². The zero-order valence-electron chi connectivity index (χ0n) is 16.5. The molecule has 0 fully saturated rings. The van der Waals surface area contributed by atoms with Gasteiger partial charge in [0.15, 0.2) is 5.11 Å². The number of aryl methyl sites for hydroxylation is 1. The zero-order valence-corrected chi connectivity index (χ0v) is 17.3. The number of hydrogen-bond acceptors (Lipinski definition) is 3. The first-order valence-corrected chi connectivity index (χ1v) is 9.63. The summed E-state index contributed by atoms with van der Waals surface area (Å²) in [5.74, 6) is 0. The fraction of sp³-hybridized carbons (Fsp3) is 0.227. The van der Waals surface area contributed by atoms with Crippen LogP contribution in [0.4, 0.5) is 0 Å². The second kappa shape index (κ2) is 9.28. The Balaban J connectivity index is 1.63. The largest absolute Gasteiger partial charge is 0.357 e. The maximum absolute atomic E-state index is 5.43. The fourth-order valence-electron chi connectivity index (χ4n) is 2.89. The van der Waals surface area contributed by atoms with Crippen molar-refractivity contribution in [3.05, 3.63) is 88.7 Å². The lowest BCUT2D eigenvalue weighted by molar-refractivity contribution is 0.532. The van der Waals surface area contributed by atoms with Gasteiger partial charge in [-0.15, -0.1) is 0 Å². The Kier molecular flexibility index (Phi) is 6.55. The lowest BCUT2D eigenvalue weighted by Crippen LogP contribution is -2.33. The number of aromatic nitrogens is 2. The molecule has 2 aromatic carbocycles. The van der Waals surface area contributed by atoms with E-state index in [1.807, 2.05) is 61.3 Å². The van der Waals surface area contributed by atoms with E-state index in [-0.39, 0.29) is 0 Å². The van der Waals surface area contributed by atoms with Crippen molar-refractivity contribution in [1.82, 2.24) is 20.1 Å². The van der Waals surface area contributed by atoms with Gasteiger partial charge in [0.1, 0.15) is 0 Å². The summed E-state index contributed by atoms with van der Waals surface area (Å²) in [4.78, 5) is 0. The first-order chi connectivity index (χ1) is 13.5. The van der Waals surface area contributed by atoms with E-state index in [1.54, 1.807) is 5.01 Å². The molecule has 3 rings (SSSR count). The van der Waals surface area contributed by atoms with E-state index in [0.29, 0.717) is 11.7 Å². The Morgan fingerprint density at radius 1 is 1.07 bits per heavy atom. The molecule has 0 amide bonds. The van der Waals surface area contributed by atoms with Gasteiger partial charge in [-0.2, -0.15) is 10.2 Å². The molecule has 0 atom stereocenters. The van der Waals surface area contributed by atoms with Gasteiger partial charge in [-0.05, 0) is 37.2 Å². The fourth-order valence-corrected chi connectivity index (χ4v) is 3.01. The van der Waals surface area contributed by atoms with Crippen molar-refractivity contribution in [2.24, 2.45) is 5.10 Å². The van der Waals surface area contributed by atoms with Gasteiger partial charge >= 0.3 is 0 Å². The summed E-state index contributed by atoms with van der Waals surface area (Å²) in [6, 6.07) is 20.5. The van der Waals surface area contributed by atoms with Crippen LogP contribution in [-0.4, -0.2) is 33.2 Å². The van der Waals surface area contributed by atoms with Crippen LogP contribution in [0.1, 0.15) is 28.1 Å². The third kappa shape index (κ3) is 5.04. The molecular weight excluding hydrogens is 366 g/mol. The Bertz CT molecular complexity index is 948. The summed E-state index contributed by atoms with van der Waals surface area (Å²) in [5.41, 5.74) is 5.46. The molecule has 1 N–H and O–H groups in total. The van der Waals surface area contributed by atoms with E-state index >= 15 is 0 Å². The molecule has 0 saturated carbocycles. The lowest BCUT2D eigenvalue weighted by atomic mass is 10.2. The Morgan fingerprint density at radius 2 is 1.68 bits per heavy atom. The minimum Gasteiger partial charge on any atom is -0.357 e. The molecule has 0 spiro atoms. The van der Waals surface area contributed by atoms with Crippen LogP contribution < -0.4 is 5.32 Å². The van der Waals surface area contributed by atoms with Crippen molar-refractivity contribution in [2.45, 2.75) is 26.9 Å². The van der Waals surface area contributed by atoms with Crippen LogP contribution in [0.2, 0.25) is 0 Å². The predicted molar refractivity (Wildman–Crippen MR) is 118 cm³/mol. The van der Waals surface area contributed by atoms with Gasteiger partial charge in [-0.25, -0.2) is 5.01 Å². The SMILES string of the molecule is Cc1nn(Cc2ccccc2)c(C)c1/C=N\N(C)C(=S)NCc1ccccc1. The smallest absolute Gasteiger partial charge is 0.189 e. The molecule has 0 radical (unpaired) electrons. The maximum Gasteiger partial charge on any atom is 0.189 e. The Hall–Kier alpha value is -2.99. The monoisotopic (exact) mass is 391 g/mol. The van der Waals surface area contributed by atoms with E-state index in [2.05, 4.69) is 46.7 Å². The summed E-state index contributed by atoms with van der Waals surface area (Å²) in [5, 5.41) is 14.6. The highest BCUT2D eigenvalue weighted by molar-refractivity contribution is 7.80. The molecule has 5 nitrogen and oxygen atoms in total. The van der Waals surface area contributed by atoms with Gasteiger partial charge in [-0.1, -0.05) is 60.7 Å². The predicted octanol–water partition coefficient (Wildman–Crippen LogP) is 3.89. The van der Waals surface area contributed by atoms with Crippen LogP contribution in [-0.2, 0) is 13.1 Å². The van der Waals surface area contributed by atoms with Gasteiger partial charge in [0.25, 0.3) is 0 Å². The normalized spacial score (nSPS) is 11.0. The van der Waals surface area contributed by atoms with Gasteiger partial charge in [0, 0.05) is 24.8 Å². The molecule has 0 bridgehead atoms. The number of nitrogens with one attached hydrogen (secondary N) is 1. The molecule has 6 heteroatoms. The average Bonchev–Trinajstić information content (AvgIpc) is 2.98. The van der Waals surface area contributed by atoms with E-state index in [0.717, 1.165) is 23.5 Å². The summed E-state index contributed by atoms with van der Waals surface area (Å²) in [7, 11) is 1.84. The molecular formula is C22H25N5S. The molecule has 0 aliphatic carbocycles. The van der Waals surface area contributed by atoms with Crippen LogP contribution in [0.25, 0.3) is 0 Å². The summed E-state index contributed by atoms with van der Waals surface area (Å²) >= 11 is 5.43. The topological polar surface area (TPSA) is 45.5 Å². The number of benzene rings is 2. The molecule has 28 heavy (non-hydrogen) atoms. The first-order valence-electron chi connectivity index (χ1n) is 9.22. The second-order valence-corrected chi connectivity index (χ2v) is 7.03. The van der Waals surface area contributed by atoms with Crippen LogP contribution in [0.3, 0.4) is 0 Å². The third-order valence-corrected chi connectivity index (χ3v) is 4.96. The highest BCUT2D eigenvalue weighted by Crippen LogP contribution is 2.13. The van der Waals surface area contributed by atoms with Crippen molar-refractivity contribution in [2.75, 3.05) is 7.05 Å². The average molecular weight is 392 g/mol. The molecule has 1 aromatic heterocycles.